The largest absolute Gasteiger partial charge is 0.452 e. The molecule has 2 aromatic rings. The molecule has 182 valence electrons. The Morgan fingerprint density at radius 3 is 2.06 bits per heavy atom. The van der Waals surface area contributed by atoms with Crippen LogP contribution in [-0.4, -0.2) is 41.1 Å². The Balaban J connectivity index is 1.20. The van der Waals surface area contributed by atoms with Gasteiger partial charge in [0.1, 0.15) is 0 Å². The fourth-order valence-corrected chi connectivity index (χ4v) is 6.48. The number of hydrogen-bond acceptors (Lipinski definition) is 5. The summed E-state index contributed by atoms with van der Waals surface area (Å²) in [4.78, 5) is 51.9. The maximum atomic E-state index is 13.1. The maximum Gasteiger partial charge on any atom is 0.338 e. The lowest BCUT2D eigenvalue weighted by atomic mass is 9.80. The summed E-state index contributed by atoms with van der Waals surface area (Å²) in [5, 5.41) is 2.05. The minimum atomic E-state index is -0.683. The number of aryl methyl sites for hydroxylation is 1. The van der Waals surface area contributed by atoms with Gasteiger partial charge in [0, 0.05) is 5.69 Å². The summed E-state index contributed by atoms with van der Waals surface area (Å²) in [6.45, 7) is 1.60. The van der Waals surface area contributed by atoms with Gasteiger partial charge in [-0.1, -0.05) is 19.1 Å². The van der Waals surface area contributed by atoms with E-state index < -0.39 is 30.3 Å². The number of anilines is 2. The van der Waals surface area contributed by atoms with Gasteiger partial charge in [0.2, 0.25) is 11.8 Å². The van der Waals surface area contributed by atoms with Crippen molar-refractivity contribution in [2.75, 3.05) is 16.8 Å². The van der Waals surface area contributed by atoms with Crippen LogP contribution >= 0.6 is 23.2 Å². The van der Waals surface area contributed by atoms with Crippen molar-refractivity contribution in [1.29, 1.82) is 0 Å². The summed E-state index contributed by atoms with van der Waals surface area (Å²) in [6.07, 6.45) is 1.60. The average Bonchev–Trinajstić information content (AvgIpc) is 3.48. The highest BCUT2D eigenvalue weighted by Gasteiger charge is 2.66. The van der Waals surface area contributed by atoms with Crippen LogP contribution in [0.4, 0.5) is 11.4 Å². The summed E-state index contributed by atoms with van der Waals surface area (Å²) in [5.74, 6) is -2.74. The fraction of sp³-hybridized carbons (Fsp3) is 0.385. The molecular formula is C26H24Cl2N2O5. The first kappa shape index (κ1) is 23.8. The second-order valence-electron chi connectivity index (χ2n) is 9.24. The van der Waals surface area contributed by atoms with Gasteiger partial charge in [-0.2, -0.15) is 0 Å². The van der Waals surface area contributed by atoms with Crippen LogP contribution in [0.15, 0.2) is 48.5 Å². The Hall–Kier alpha value is -2.90. The van der Waals surface area contributed by atoms with Gasteiger partial charge in [-0.05, 0) is 66.6 Å². The van der Waals surface area contributed by atoms with Crippen molar-refractivity contribution in [2.45, 2.75) is 30.5 Å². The van der Waals surface area contributed by atoms with Gasteiger partial charge in [-0.3, -0.25) is 19.3 Å². The molecule has 0 unspecified atom stereocenters. The molecule has 6 atom stereocenters. The highest BCUT2D eigenvalue weighted by Crippen LogP contribution is 2.59. The molecule has 3 amide bonds. The number of carbonyl (C=O) groups is 4. The Kier molecular flexibility index (Phi) is 6.32. The number of esters is 1. The fourth-order valence-electron chi connectivity index (χ4n) is 5.59. The van der Waals surface area contributed by atoms with Crippen molar-refractivity contribution >= 4 is 58.3 Å². The van der Waals surface area contributed by atoms with Crippen LogP contribution < -0.4 is 10.2 Å². The van der Waals surface area contributed by atoms with E-state index >= 15 is 0 Å². The van der Waals surface area contributed by atoms with Crippen molar-refractivity contribution in [3.8, 4) is 0 Å². The summed E-state index contributed by atoms with van der Waals surface area (Å²) in [6, 6.07) is 13.4. The molecule has 3 fully saturated rings. The van der Waals surface area contributed by atoms with E-state index in [1.54, 1.807) is 12.1 Å². The van der Waals surface area contributed by atoms with Crippen LogP contribution in [0.25, 0.3) is 0 Å². The molecule has 0 radical (unpaired) electrons. The van der Waals surface area contributed by atoms with Crippen LogP contribution in [0.1, 0.15) is 29.3 Å². The molecule has 1 saturated heterocycles. The third kappa shape index (κ3) is 4.10. The number of fused-ring (bicyclic) bond motifs is 5. The number of benzene rings is 2. The predicted molar refractivity (Wildman–Crippen MR) is 132 cm³/mol. The lowest BCUT2D eigenvalue weighted by Crippen LogP contribution is -2.37. The third-order valence-electron chi connectivity index (χ3n) is 7.33. The number of ether oxygens (including phenoxy) is 1. The smallest absolute Gasteiger partial charge is 0.338 e. The van der Waals surface area contributed by atoms with Crippen LogP contribution in [-0.2, 0) is 25.5 Å². The normalized spacial score (nSPS) is 28.8. The molecule has 0 aromatic heterocycles. The molecule has 9 heteroatoms. The molecule has 5 rings (SSSR count). The predicted octanol–water partition coefficient (Wildman–Crippen LogP) is 4.01. The standard InChI is InChI=1S/C26H24Cl2N2O5/c1-2-13-3-7-15(8-4-13)29-19(31)12-35-26(34)14-5-9-16(10-6-14)30-24(32)20-17-11-18(21(20)25(30)33)23(28)22(17)27/h3-10,17-18,20-23H,2,11-12H2,1H3,(H,29,31)/t17-,18-,20-,21-,22-,23+/m1/s1. The number of nitrogens with zero attached hydrogens (tertiary/aromatic N) is 1. The highest BCUT2D eigenvalue weighted by molar-refractivity contribution is 6.32. The number of carbonyl (C=O) groups excluding carboxylic acids is 4. The van der Waals surface area contributed by atoms with E-state index in [0.29, 0.717) is 17.8 Å². The second kappa shape index (κ2) is 9.28. The minimum absolute atomic E-state index is 0.0967. The first-order chi connectivity index (χ1) is 16.8. The first-order valence-corrected chi connectivity index (χ1v) is 12.5. The first-order valence-electron chi connectivity index (χ1n) is 11.6. The molecule has 2 aromatic carbocycles. The summed E-state index contributed by atoms with van der Waals surface area (Å²) in [7, 11) is 0. The number of imide groups is 1. The molecule has 7 nitrogen and oxygen atoms in total. The third-order valence-corrected chi connectivity index (χ3v) is 8.65. The zero-order valence-corrected chi connectivity index (χ0v) is 20.5. The van der Waals surface area contributed by atoms with Crippen molar-refractivity contribution in [3.63, 3.8) is 0 Å². The van der Waals surface area contributed by atoms with E-state index in [1.165, 1.54) is 29.2 Å². The molecule has 0 spiro atoms. The lowest BCUT2D eigenvalue weighted by molar-refractivity contribution is -0.123. The van der Waals surface area contributed by atoms with E-state index in [1.807, 2.05) is 19.1 Å². The monoisotopic (exact) mass is 514 g/mol. The minimum Gasteiger partial charge on any atom is -0.452 e. The molecule has 35 heavy (non-hydrogen) atoms. The quantitative estimate of drug-likeness (QED) is 0.357. The van der Waals surface area contributed by atoms with Crippen LogP contribution in [0.5, 0.6) is 0 Å². The average molecular weight is 515 g/mol. The zero-order chi connectivity index (χ0) is 24.9. The van der Waals surface area contributed by atoms with E-state index in [-0.39, 0.29) is 40.0 Å². The number of hydrogen-bond donors (Lipinski definition) is 1. The number of alkyl halides is 2. The highest BCUT2D eigenvalue weighted by atomic mass is 35.5. The van der Waals surface area contributed by atoms with E-state index in [9.17, 15) is 19.2 Å². The van der Waals surface area contributed by atoms with Gasteiger partial charge in [-0.25, -0.2) is 4.79 Å². The number of nitrogens with one attached hydrogen (secondary N) is 1. The van der Waals surface area contributed by atoms with E-state index in [4.69, 9.17) is 27.9 Å². The van der Waals surface area contributed by atoms with Crippen LogP contribution in [0, 0.1) is 23.7 Å². The molecule has 1 heterocycles. The molecule has 1 aliphatic heterocycles. The van der Waals surface area contributed by atoms with Crippen molar-refractivity contribution in [2.24, 2.45) is 23.7 Å². The Bertz CT molecular complexity index is 1150. The van der Waals surface area contributed by atoms with Crippen LogP contribution in [0.2, 0.25) is 0 Å². The summed E-state index contributed by atoms with van der Waals surface area (Å²) in [5.41, 5.74) is 2.36. The van der Waals surface area contributed by atoms with Gasteiger partial charge in [0.15, 0.2) is 6.61 Å². The molecule has 1 N–H and O–H groups in total. The van der Waals surface area contributed by atoms with E-state index in [0.717, 1.165) is 12.0 Å². The topological polar surface area (TPSA) is 92.8 Å². The van der Waals surface area contributed by atoms with Crippen molar-refractivity contribution in [3.05, 3.63) is 59.7 Å². The van der Waals surface area contributed by atoms with Crippen molar-refractivity contribution in [1.82, 2.24) is 0 Å². The van der Waals surface area contributed by atoms with Gasteiger partial charge in [-0.15, -0.1) is 23.2 Å². The molecule has 2 bridgehead atoms. The van der Waals surface area contributed by atoms with Crippen molar-refractivity contribution < 1.29 is 23.9 Å². The lowest BCUT2D eigenvalue weighted by Gasteiger charge is -2.28. The molecular weight excluding hydrogens is 491 g/mol. The molecule has 2 aliphatic carbocycles. The Labute approximate surface area is 212 Å². The number of amides is 3. The Morgan fingerprint density at radius 2 is 1.51 bits per heavy atom. The van der Waals surface area contributed by atoms with Gasteiger partial charge < -0.3 is 10.1 Å². The van der Waals surface area contributed by atoms with Gasteiger partial charge in [0.05, 0.1) is 33.8 Å². The molecule has 2 saturated carbocycles. The van der Waals surface area contributed by atoms with Crippen LogP contribution in [0.3, 0.4) is 0 Å². The summed E-state index contributed by atoms with van der Waals surface area (Å²) >= 11 is 12.8. The Morgan fingerprint density at radius 1 is 0.943 bits per heavy atom. The van der Waals surface area contributed by atoms with E-state index in [2.05, 4.69) is 5.32 Å². The number of halogens is 2. The van der Waals surface area contributed by atoms with Gasteiger partial charge >= 0.3 is 5.97 Å². The SMILES string of the molecule is CCc1ccc(NC(=O)COC(=O)c2ccc(N3C(=O)[C@@H]4[C@H]5C[C@@H]([C@@H](Cl)[C@H]5Cl)[C@H]4C3=O)cc2)cc1. The summed E-state index contributed by atoms with van der Waals surface area (Å²) < 4.78 is 5.11. The second-order valence-corrected chi connectivity index (χ2v) is 10.2. The number of rotatable bonds is 6. The zero-order valence-electron chi connectivity index (χ0n) is 18.9. The van der Waals surface area contributed by atoms with Gasteiger partial charge in [0.25, 0.3) is 5.91 Å². The molecule has 3 aliphatic rings. The maximum absolute atomic E-state index is 13.1.